The minimum atomic E-state index is -2.59. The van der Waals surface area contributed by atoms with Gasteiger partial charge in [-0.05, 0) is 18.0 Å². The van der Waals surface area contributed by atoms with Crippen molar-refractivity contribution in [3.8, 4) is 23.4 Å². The third-order valence-electron chi connectivity index (χ3n) is 3.46. The maximum absolute atomic E-state index is 12.1. The molecule has 0 saturated heterocycles. The van der Waals surface area contributed by atoms with E-state index < -0.39 is 69.6 Å². The van der Waals surface area contributed by atoms with Crippen molar-refractivity contribution >= 4 is 23.2 Å². The zero-order valence-corrected chi connectivity index (χ0v) is 15.8. The molecule has 12 heteroatoms. The number of ether oxygens (including phenoxy) is 1. The molecule has 0 bridgehead atoms. The molecule has 1 unspecified atom stereocenters. The number of rotatable bonds is 4. The molecule has 2 aromatic heterocycles. The number of nitriles is 1. The normalized spacial score (nSPS) is 14.6. The number of nitrogens with one attached hydrogen (secondary N) is 2. The van der Waals surface area contributed by atoms with E-state index >= 15 is 0 Å². The van der Waals surface area contributed by atoms with Gasteiger partial charge in [-0.2, -0.15) is 9.94 Å². The van der Waals surface area contributed by atoms with Crippen molar-refractivity contribution < 1.29 is 11.6 Å². The van der Waals surface area contributed by atoms with Crippen LogP contribution in [0.3, 0.4) is 0 Å². The van der Waals surface area contributed by atoms with E-state index in [-0.39, 0.29) is 10.7 Å². The van der Waals surface area contributed by atoms with Gasteiger partial charge in [0.25, 0.3) is 11.1 Å². The third kappa shape index (κ3) is 4.06. The summed E-state index contributed by atoms with van der Waals surface area (Å²) >= 11 is 12.4. The summed E-state index contributed by atoms with van der Waals surface area (Å²) in [6, 6.07) is 1.34. The lowest BCUT2D eigenvalue weighted by Crippen LogP contribution is -2.33. The van der Waals surface area contributed by atoms with Crippen molar-refractivity contribution in [2.45, 2.75) is 19.7 Å². The lowest BCUT2D eigenvalue weighted by atomic mass is 10.1. The largest absolute Gasteiger partial charge is 0.434 e. The molecule has 1 aromatic carbocycles. The van der Waals surface area contributed by atoms with E-state index in [1.54, 1.807) is 0 Å². The summed E-state index contributed by atoms with van der Waals surface area (Å²) in [5, 5.41) is 17.4. The van der Waals surface area contributed by atoms with E-state index in [1.807, 2.05) is 10.1 Å². The fraction of sp³-hybridized carbons (Fsp3) is 0.176. The number of aromatic amines is 2. The molecule has 3 rings (SSSR count). The first-order valence-electron chi connectivity index (χ1n) is 10.2. The monoisotopic (exact) mass is 439 g/mol. The van der Waals surface area contributed by atoms with E-state index in [2.05, 4.69) is 10.2 Å². The van der Waals surface area contributed by atoms with Crippen LogP contribution in [0.2, 0.25) is 10.0 Å². The fourth-order valence-electron chi connectivity index (χ4n) is 2.15. The number of halogens is 2. The van der Waals surface area contributed by atoms with Gasteiger partial charge in [-0.15, -0.1) is 10.2 Å². The molecule has 0 radical (unpaired) electrons. The van der Waals surface area contributed by atoms with Crippen LogP contribution in [0, 0.1) is 11.3 Å². The van der Waals surface area contributed by atoms with Crippen molar-refractivity contribution in [1.82, 2.24) is 25.0 Å². The summed E-state index contributed by atoms with van der Waals surface area (Å²) in [5.74, 6) is -2.27. The average molecular weight is 440 g/mol. The SMILES string of the molecule is [2H]c1c(-n2nc(C#N)c(=O)[nH]c2=O)cc(Cl)c(Oc2n[nH]c(=O)c(C(C)C([2H])([2H])[2H])c2[2H])c1Cl. The van der Waals surface area contributed by atoms with Gasteiger partial charge < -0.3 is 4.74 Å². The van der Waals surface area contributed by atoms with Gasteiger partial charge in [-0.3, -0.25) is 14.6 Å². The Hall–Kier alpha value is -3.42. The Morgan fingerprint density at radius 1 is 1.31 bits per heavy atom. The second-order valence-electron chi connectivity index (χ2n) is 5.50. The summed E-state index contributed by atoms with van der Waals surface area (Å²) in [4.78, 5) is 37.7. The Labute approximate surface area is 179 Å². The Morgan fingerprint density at radius 2 is 2.07 bits per heavy atom. The molecule has 0 amide bonds. The minimum absolute atomic E-state index is 0.299. The molecule has 29 heavy (non-hydrogen) atoms. The summed E-state index contributed by atoms with van der Waals surface area (Å²) in [6.45, 7) is -1.35. The van der Waals surface area contributed by atoms with Crippen molar-refractivity contribution in [1.29, 1.82) is 5.26 Å². The highest BCUT2D eigenvalue weighted by atomic mass is 35.5. The molecule has 2 N–H and O–H groups in total. The average Bonchev–Trinajstić information content (AvgIpc) is 2.75. The number of H-pyrrole nitrogens is 2. The molecule has 0 saturated carbocycles. The molecular weight excluding hydrogens is 423 g/mol. The highest BCUT2D eigenvalue weighted by molar-refractivity contribution is 6.37. The Kier molecular flexibility index (Phi) is 3.97. The summed E-state index contributed by atoms with van der Waals surface area (Å²) in [6.07, 6.45) is 0. The number of hydrogen-bond donors (Lipinski definition) is 2. The maximum atomic E-state index is 12.1. The highest BCUT2D eigenvalue weighted by Crippen LogP contribution is 2.37. The van der Waals surface area contributed by atoms with Gasteiger partial charge in [0.2, 0.25) is 11.6 Å². The highest BCUT2D eigenvalue weighted by Gasteiger charge is 2.16. The first kappa shape index (κ1) is 14.6. The summed E-state index contributed by atoms with van der Waals surface area (Å²) < 4.78 is 45.0. The van der Waals surface area contributed by atoms with E-state index in [4.69, 9.17) is 40.1 Å². The van der Waals surface area contributed by atoms with Gasteiger partial charge in [-0.1, -0.05) is 37.0 Å². The quantitative estimate of drug-likeness (QED) is 0.632. The number of nitrogens with zero attached hydrogens (tertiary/aromatic N) is 4. The Morgan fingerprint density at radius 3 is 2.76 bits per heavy atom. The lowest BCUT2D eigenvalue weighted by molar-refractivity contribution is 0.452. The minimum Gasteiger partial charge on any atom is -0.434 e. The van der Waals surface area contributed by atoms with Crippen LogP contribution in [0.1, 0.15) is 37.8 Å². The van der Waals surface area contributed by atoms with E-state index in [1.165, 1.54) is 13.0 Å². The predicted molar refractivity (Wildman–Crippen MR) is 104 cm³/mol. The number of aromatic nitrogens is 5. The van der Waals surface area contributed by atoms with Crippen molar-refractivity contribution in [3.05, 3.63) is 70.6 Å². The van der Waals surface area contributed by atoms with Crippen LogP contribution >= 0.6 is 23.2 Å². The third-order valence-corrected chi connectivity index (χ3v) is 4.00. The molecule has 2 heterocycles. The number of hydrogen-bond acceptors (Lipinski definition) is 7. The van der Waals surface area contributed by atoms with Crippen LogP contribution in [0.25, 0.3) is 5.69 Å². The van der Waals surface area contributed by atoms with Crippen molar-refractivity contribution in [2.75, 3.05) is 0 Å². The molecule has 10 nitrogen and oxygen atoms in total. The molecular formula is C17H12Cl2N6O4. The molecule has 1 atom stereocenters. The van der Waals surface area contributed by atoms with Gasteiger partial charge >= 0.3 is 5.69 Å². The zero-order valence-electron chi connectivity index (χ0n) is 19.3. The second kappa shape index (κ2) is 7.90. The fourth-order valence-corrected chi connectivity index (χ4v) is 2.67. The molecule has 0 aliphatic rings. The van der Waals surface area contributed by atoms with Gasteiger partial charge in [-0.25, -0.2) is 9.89 Å². The van der Waals surface area contributed by atoms with Gasteiger partial charge in [0.15, 0.2) is 5.75 Å². The van der Waals surface area contributed by atoms with E-state index in [0.717, 1.165) is 6.07 Å². The molecule has 0 aliphatic heterocycles. The zero-order chi connectivity index (χ0) is 25.5. The smallest absolute Gasteiger partial charge is 0.349 e. The van der Waals surface area contributed by atoms with Gasteiger partial charge in [0.1, 0.15) is 6.07 Å². The first-order valence-corrected chi connectivity index (χ1v) is 8.43. The summed E-state index contributed by atoms with van der Waals surface area (Å²) in [5.41, 5.74) is -4.37. The topological polar surface area (TPSA) is 147 Å². The van der Waals surface area contributed by atoms with Crippen LogP contribution in [0.15, 0.2) is 32.5 Å². The molecule has 3 aromatic rings. The second-order valence-corrected chi connectivity index (χ2v) is 6.28. The molecule has 148 valence electrons. The lowest BCUT2D eigenvalue weighted by Gasteiger charge is -2.12. The standard InChI is InChI=1S/C17H12Cl2N6O4/c1-7(2)9-5-13(22-23-15(9)26)29-14-10(18)3-8(4-11(14)19)25-17(28)21-16(27)12(6-20)24-25/h3-5,7H,1-2H3,(H,23,26)(H,21,27,28)/i1D3,3D,5D. The predicted octanol–water partition coefficient (Wildman–Crippen LogP) is 2.10. The van der Waals surface area contributed by atoms with Crippen molar-refractivity contribution in [3.63, 3.8) is 0 Å². The van der Waals surface area contributed by atoms with Crippen LogP contribution in [-0.4, -0.2) is 25.0 Å². The van der Waals surface area contributed by atoms with Gasteiger partial charge in [0.05, 0.1) is 18.5 Å². The van der Waals surface area contributed by atoms with E-state index in [0.29, 0.717) is 4.68 Å². The van der Waals surface area contributed by atoms with Crippen LogP contribution in [-0.2, 0) is 0 Å². The van der Waals surface area contributed by atoms with Crippen molar-refractivity contribution in [2.24, 2.45) is 0 Å². The molecule has 0 aliphatic carbocycles. The maximum Gasteiger partial charge on any atom is 0.349 e. The molecule has 0 fully saturated rings. The first-order chi connectivity index (χ1) is 15.8. The van der Waals surface area contributed by atoms with Crippen LogP contribution in [0.5, 0.6) is 11.6 Å². The Bertz CT molecular complexity index is 1530. The van der Waals surface area contributed by atoms with Gasteiger partial charge in [0, 0.05) is 15.7 Å². The number of benzene rings is 1. The molecule has 0 spiro atoms. The Balaban J connectivity index is 2.15. The summed E-state index contributed by atoms with van der Waals surface area (Å²) in [7, 11) is 0. The van der Waals surface area contributed by atoms with E-state index in [9.17, 15) is 14.4 Å². The van der Waals surface area contributed by atoms with Crippen LogP contribution < -0.4 is 21.5 Å². The van der Waals surface area contributed by atoms with Crippen LogP contribution in [0.4, 0.5) is 0 Å².